The van der Waals surface area contributed by atoms with Crippen LogP contribution in [0.4, 0.5) is 0 Å². The van der Waals surface area contributed by atoms with E-state index in [-0.39, 0.29) is 16.9 Å². The van der Waals surface area contributed by atoms with E-state index in [9.17, 15) is 9.90 Å². The van der Waals surface area contributed by atoms with Gasteiger partial charge in [0.05, 0.1) is 5.39 Å². The van der Waals surface area contributed by atoms with Crippen LogP contribution in [0, 0.1) is 0 Å². The summed E-state index contributed by atoms with van der Waals surface area (Å²) in [5, 5.41) is 11.9. The summed E-state index contributed by atoms with van der Waals surface area (Å²) in [6, 6.07) is 12.3. The van der Waals surface area contributed by atoms with Gasteiger partial charge in [-0.1, -0.05) is 18.2 Å². The topological polar surface area (TPSA) is 79.1 Å². The molecule has 4 aromatic rings. The lowest BCUT2D eigenvalue weighted by molar-refractivity contribution is 0.191. The Kier molecular flexibility index (Phi) is 2.80. The van der Waals surface area contributed by atoms with Crippen molar-refractivity contribution in [3.63, 3.8) is 0 Å². The average Bonchev–Trinajstić information content (AvgIpc) is 2.98. The largest absolute Gasteiger partial charge is 0.439 e. The molecule has 0 aliphatic rings. The van der Waals surface area contributed by atoms with Gasteiger partial charge in [0.25, 0.3) is 0 Å². The number of aliphatic hydroxyl groups is 1. The van der Waals surface area contributed by atoms with Crippen molar-refractivity contribution in [3.05, 3.63) is 76.4 Å². The van der Waals surface area contributed by atoms with Gasteiger partial charge in [0, 0.05) is 34.9 Å². The third-order valence-corrected chi connectivity index (χ3v) is 3.71. The van der Waals surface area contributed by atoms with Gasteiger partial charge in [-0.2, -0.15) is 0 Å². The van der Waals surface area contributed by atoms with E-state index in [0.29, 0.717) is 10.9 Å². The van der Waals surface area contributed by atoms with E-state index < -0.39 is 6.10 Å². The minimum Gasteiger partial charge on any atom is -0.439 e. The average molecular weight is 292 g/mol. The highest BCUT2D eigenvalue weighted by atomic mass is 16.4. The Bertz CT molecular complexity index is 1030. The zero-order valence-corrected chi connectivity index (χ0v) is 11.5. The monoisotopic (exact) mass is 292 g/mol. The molecule has 1 unspecified atom stereocenters. The van der Waals surface area contributed by atoms with Gasteiger partial charge < -0.3 is 14.5 Å². The lowest BCUT2D eigenvalue weighted by Crippen LogP contribution is -2.07. The Morgan fingerprint density at radius 3 is 2.86 bits per heavy atom. The van der Waals surface area contributed by atoms with Crippen LogP contribution in [0.2, 0.25) is 0 Å². The van der Waals surface area contributed by atoms with Crippen molar-refractivity contribution < 1.29 is 9.52 Å². The minimum atomic E-state index is -1.03. The van der Waals surface area contributed by atoms with Crippen LogP contribution in [0.5, 0.6) is 0 Å². The Morgan fingerprint density at radius 1 is 1.14 bits per heavy atom. The number of hydrogen-bond donors (Lipinski definition) is 2. The number of aliphatic hydroxyl groups excluding tert-OH is 1. The van der Waals surface area contributed by atoms with Gasteiger partial charge in [-0.3, -0.25) is 4.79 Å². The van der Waals surface area contributed by atoms with E-state index in [0.717, 1.165) is 10.9 Å². The molecule has 0 bridgehead atoms. The van der Waals surface area contributed by atoms with Gasteiger partial charge in [-0.05, 0) is 18.2 Å². The summed E-state index contributed by atoms with van der Waals surface area (Å²) in [4.78, 5) is 19.3. The molecule has 3 heterocycles. The number of aromatic amines is 1. The fraction of sp³-hybridized carbons (Fsp3) is 0.0588. The number of para-hydroxylation sites is 1. The molecule has 2 N–H and O–H groups in total. The van der Waals surface area contributed by atoms with Gasteiger partial charge in [0.15, 0.2) is 5.43 Å². The van der Waals surface area contributed by atoms with E-state index in [4.69, 9.17) is 4.42 Å². The van der Waals surface area contributed by atoms with Crippen LogP contribution in [-0.2, 0) is 0 Å². The number of hydrogen-bond acceptors (Lipinski definition) is 4. The molecule has 22 heavy (non-hydrogen) atoms. The van der Waals surface area contributed by atoms with Crippen LogP contribution in [0.1, 0.15) is 17.4 Å². The van der Waals surface area contributed by atoms with Crippen LogP contribution < -0.4 is 5.43 Å². The normalized spacial score (nSPS) is 12.8. The smallest absolute Gasteiger partial charge is 0.230 e. The Morgan fingerprint density at radius 2 is 1.95 bits per heavy atom. The van der Waals surface area contributed by atoms with Crippen LogP contribution in [0.15, 0.2) is 64.1 Å². The zero-order valence-electron chi connectivity index (χ0n) is 11.5. The molecule has 5 nitrogen and oxygen atoms in total. The molecule has 0 aliphatic heterocycles. The van der Waals surface area contributed by atoms with Crippen molar-refractivity contribution in [1.29, 1.82) is 0 Å². The standard InChI is InChI=1S/C17H12N2O3/c20-14-8-15(22-17-11(14)5-3-7-18-17)16(21)12-9-19-13-6-2-1-4-10(12)13/h1-9,16,19,21H. The minimum absolute atomic E-state index is 0.181. The van der Waals surface area contributed by atoms with E-state index in [1.54, 1.807) is 24.5 Å². The summed E-state index contributed by atoms with van der Waals surface area (Å²) < 4.78 is 5.60. The van der Waals surface area contributed by atoms with Gasteiger partial charge in [0.2, 0.25) is 5.71 Å². The highest BCUT2D eigenvalue weighted by molar-refractivity contribution is 5.83. The van der Waals surface area contributed by atoms with Gasteiger partial charge in [-0.15, -0.1) is 0 Å². The Labute approximate surface area is 124 Å². The van der Waals surface area contributed by atoms with Gasteiger partial charge in [-0.25, -0.2) is 4.98 Å². The third kappa shape index (κ3) is 1.91. The molecule has 4 rings (SSSR count). The molecule has 1 atom stereocenters. The molecule has 0 amide bonds. The first kappa shape index (κ1) is 12.8. The van der Waals surface area contributed by atoms with Crippen LogP contribution >= 0.6 is 0 Å². The zero-order chi connectivity index (χ0) is 15.1. The van der Waals surface area contributed by atoms with Crippen molar-refractivity contribution in [1.82, 2.24) is 9.97 Å². The first-order valence-electron chi connectivity index (χ1n) is 6.87. The van der Waals surface area contributed by atoms with Crippen molar-refractivity contribution in [3.8, 4) is 0 Å². The molecule has 1 aromatic carbocycles. The number of nitrogens with zero attached hydrogens (tertiary/aromatic N) is 1. The fourth-order valence-corrected chi connectivity index (χ4v) is 2.62. The van der Waals surface area contributed by atoms with Crippen LogP contribution in [0.25, 0.3) is 22.0 Å². The summed E-state index contributed by atoms with van der Waals surface area (Å²) >= 11 is 0. The molecule has 0 aliphatic carbocycles. The maximum absolute atomic E-state index is 12.1. The maximum atomic E-state index is 12.1. The molecule has 0 saturated carbocycles. The summed E-state index contributed by atoms with van der Waals surface area (Å²) in [6.45, 7) is 0. The predicted octanol–water partition coefficient (Wildman–Crippen LogP) is 2.75. The van der Waals surface area contributed by atoms with Crippen molar-refractivity contribution in [2.24, 2.45) is 0 Å². The van der Waals surface area contributed by atoms with Gasteiger partial charge in [0.1, 0.15) is 11.9 Å². The van der Waals surface area contributed by atoms with E-state index >= 15 is 0 Å². The first-order chi connectivity index (χ1) is 10.7. The van der Waals surface area contributed by atoms with Crippen LogP contribution in [0.3, 0.4) is 0 Å². The molecule has 0 spiro atoms. The first-order valence-corrected chi connectivity index (χ1v) is 6.87. The van der Waals surface area contributed by atoms with Crippen molar-refractivity contribution >= 4 is 22.0 Å². The van der Waals surface area contributed by atoms with Gasteiger partial charge >= 0.3 is 0 Å². The quantitative estimate of drug-likeness (QED) is 0.595. The summed E-state index contributed by atoms with van der Waals surface area (Å²) in [6.07, 6.45) is 2.24. The number of pyridine rings is 1. The number of H-pyrrole nitrogens is 1. The van der Waals surface area contributed by atoms with Crippen LogP contribution in [-0.4, -0.2) is 15.1 Å². The van der Waals surface area contributed by atoms with E-state index in [1.165, 1.54) is 6.07 Å². The number of fused-ring (bicyclic) bond motifs is 2. The number of nitrogens with one attached hydrogen (secondary N) is 1. The molecular weight excluding hydrogens is 280 g/mol. The summed E-state index contributed by atoms with van der Waals surface area (Å²) in [7, 11) is 0. The number of rotatable bonds is 2. The molecule has 108 valence electrons. The third-order valence-electron chi connectivity index (χ3n) is 3.71. The highest BCUT2D eigenvalue weighted by Gasteiger charge is 2.19. The molecule has 0 saturated heterocycles. The number of benzene rings is 1. The maximum Gasteiger partial charge on any atom is 0.230 e. The Balaban J connectivity index is 1.89. The van der Waals surface area contributed by atoms with E-state index in [2.05, 4.69) is 9.97 Å². The second kappa shape index (κ2) is 4.82. The fourth-order valence-electron chi connectivity index (χ4n) is 2.62. The summed E-state index contributed by atoms with van der Waals surface area (Å²) in [5.41, 5.74) is 1.58. The highest BCUT2D eigenvalue weighted by Crippen LogP contribution is 2.29. The molecule has 3 aromatic heterocycles. The lowest BCUT2D eigenvalue weighted by Gasteiger charge is -2.09. The second-order valence-electron chi connectivity index (χ2n) is 5.06. The molecular formula is C17H12N2O3. The lowest BCUT2D eigenvalue weighted by atomic mass is 10.1. The molecule has 5 heteroatoms. The van der Waals surface area contributed by atoms with E-state index in [1.807, 2.05) is 24.3 Å². The number of aromatic nitrogens is 2. The molecule has 0 radical (unpaired) electrons. The predicted molar refractivity (Wildman–Crippen MR) is 82.6 cm³/mol. The summed E-state index contributed by atoms with van der Waals surface area (Å²) in [5.74, 6) is 0.181. The van der Waals surface area contributed by atoms with Crippen molar-refractivity contribution in [2.45, 2.75) is 6.10 Å². The van der Waals surface area contributed by atoms with Crippen molar-refractivity contribution in [2.75, 3.05) is 0 Å². The Hall–Kier alpha value is -2.92. The molecule has 0 fully saturated rings. The SMILES string of the molecule is O=c1cc(C(O)c2c[nH]c3ccccc23)oc2ncccc12. The second-order valence-corrected chi connectivity index (χ2v) is 5.06.